The highest BCUT2D eigenvalue weighted by Gasteiger charge is 2.34. The minimum Gasteiger partial charge on any atom is -0.452 e. The third-order valence-corrected chi connectivity index (χ3v) is 6.96. The lowest BCUT2D eigenvalue weighted by Gasteiger charge is -2.26. The maximum Gasteiger partial charge on any atom is 0.339 e. The fraction of sp³-hybridized carbons (Fsp3) is 0.471. The van der Waals surface area contributed by atoms with Crippen LogP contribution >= 0.6 is 11.8 Å². The summed E-state index contributed by atoms with van der Waals surface area (Å²) in [7, 11) is -3.12. The van der Waals surface area contributed by atoms with E-state index >= 15 is 0 Å². The molecule has 1 saturated heterocycles. The molecule has 2 rings (SSSR count). The van der Waals surface area contributed by atoms with Gasteiger partial charge in [0, 0.05) is 17.5 Å². The molecule has 1 unspecified atom stereocenters. The summed E-state index contributed by atoms with van der Waals surface area (Å²) in [6.07, 6.45) is 0.391. The van der Waals surface area contributed by atoms with Crippen molar-refractivity contribution in [2.24, 2.45) is 5.73 Å². The van der Waals surface area contributed by atoms with Gasteiger partial charge in [-0.25, -0.2) is 13.2 Å². The molecule has 1 aliphatic heterocycles. The molecule has 10 heteroatoms. The highest BCUT2D eigenvalue weighted by molar-refractivity contribution is 8.00. The lowest BCUT2D eigenvalue weighted by atomic mass is 10.2. The number of thioether (sulfide) groups is 1. The Morgan fingerprint density at radius 3 is 2.59 bits per heavy atom. The number of primary amides is 1. The molecule has 0 spiro atoms. The van der Waals surface area contributed by atoms with E-state index < -0.39 is 34.2 Å². The molecule has 148 valence electrons. The minimum absolute atomic E-state index is 0.0169. The van der Waals surface area contributed by atoms with Gasteiger partial charge in [-0.05, 0) is 25.5 Å². The Hall–Kier alpha value is -2.07. The van der Waals surface area contributed by atoms with Crippen LogP contribution in [0, 0.1) is 0 Å². The van der Waals surface area contributed by atoms with Crippen LogP contribution in [0.15, 0.2) is 29.2 Å². The van der Waals surface area contributed by atoms with Crippen molar-refractivity contribution in [3.63, 3.8) is 0 Å². The first-order valence-corrected chi connectivity index (χ1v) is 11.2. The highest BCUT2D eigenvalue weighted by Crippen LogP contribution is 2.23. The zero-order chi connectivity index (χ0) is 20.0. The third-order valence-electron chi connectivity index (χ3n) is 4.11. The second-order valence-corrected chi connectivity index (χ2v) is 9.31. The zero-order valence-electron chi connectivity index (χ0n) is 14.9. The zero-order valence-corrected chi connectivity index (χ0v) is 16.6. The van der Waals surface area contributed by atoms with Crippen molar-refractivity contribution in [3.8, 4) is 0 Å². The molecule has 8 nitrogen and oxygen atoms in total. The summed E-state index contributed by atoms with van der Waals surface area (Å²) in [6, 6.07) is 6.18. The van der Waals surface area contributed by atoms with Crippen LogP contribution in [0.2, 0.25) is 0 Å². The molecule has 0 aliphatic carbocycles. The molecule has 1 fully saturated rings. The maximum absolute atomic E-state index is 12.4. The van der Waals surface area contributed by atoms with Crippen molar-refractivity contribution in [2.75, 3.05) is 30.4 Å². The van der Waals surface area contributed by atoms with E-state index in [-0.39, 0.29) is 28.9 Å². The molecule has 1 aromatic rings. The number of likely N-dealkylation sites (N-methyl/N-ethyl adjacent to an activating group) is 1. The van der Waals surface area contributed by atoms with Crippen LogP contribution in [0.25, 0.3) is 0 Å². The summed E-state index contributed by atoms with van der Waals surface area (Å²) in [6.45, 7) is 1.61. The predicted molar refractivity (Wildman–Crippen MR) is 101 cm³/mol. The third kappa shape index (κ3) is 5.96. The summed E-state index contributed by atoms with van der Waals surface area (Å²) in [5, 5.41) is 0. The number of carbonyl (C=O) groups is 3. The number of ether oxygens (including phenoxy) is 1. The van der Waals surface area contributed by atoms with Gasteiger partial charge in [0.25, 0.3) is 5.91 Å². The van der Waals surface area contributed by atoms with Crippen LogP contribution in [0.4, 0.5) is 0 Å². The van der Waals surface area contributed by atoms with Crippen molar-refractivity contribution < 1.29 is 27.5 Å². The number of hydrogen-bond donors (Lipinski definition) is 1. The van der Waals surface area contributed by atoms with Crippen LogP contribution in [-0.2, 0) is 24.2 Å². The summed E-state index contributed by atoms with van der Waals surface area (Å²) >= 11 is 1.11. The van der Waals surface area contributed by atoms with E-state index in [1.807, 2.05) is 0 Å². The van der Waals surface area contributed by atoms with Gasteiger partial charge in [-0.1, -0.05) is 12.1 Å². The summed E-state index contributed by atoms with van der Waals surface area (Å²) in [5.74, 6) is -1.62. The first kappa shape index (κ1) is 21.2. The molecule has 0 aromatic heterocycles. The Bertz CT molecular complexity index is 824. The topological polar surface area (TPSA) is 124 Å². The van der Waals surface area contributed by atoms with Gasteiger partial charge >= 0.3 is 5.97 Å². The van der Waals surface area contributed by atoms with Gasteiger partial charge in [-0.3, -0.25) is 9.59 Å². The maximum atomic E-state index is 12.4. The van der Waals surface area contributed by atoms with E-state index in [4.69, 9.17) is 10.5 Å². The van der Waals surface area contributed by atoms with Crippen molar-refractivity contribution >= 4 is 39.4 Å². The molecule has 1 heterocycles. The lowest BCUT2D eigenvalue weighted by molar-refractivity contribution is -0.136. The van der Waals surface area contributed by atoms with E-state index in [0.29, 0.717) is 17.9 Å². The van der Waals surface area contributed by atoms with E-state index in [1.54, 1.807) is 25.1 Å². The van der Waals surface area contributed by atoms with Gasteiger partial charge in [0.2, 0.25) is 5.91 Å². The van der Waals surface area contributed by atoms with E-state index in [0.717, 1.165) is 11.8 Å². The largest absolute Gasteiger partial charge is 0.452 e. The molecule has 27 heavy (non-hydrogen) atoms. The number of hydrogen-bond acceptors (Lipinski definition) is 7. The minimum atomic E-state index is -3.12. The standard InChI is InChI=1S/C17H22N2O6S2/c1-2-19(12-7-8-27(23,24)11-12)16(21)9-25-17(22)13-5-3-4-6-14(13)26-10-15(18)20/h3-6,12H,2,7-11H2,1H3,(H2,18,20). The van der Waals surface area contributed by atoms with Crippen LogP contribution in [-0.4, -0.2) is 67.6 Å². The fourth-order valence-corrected chi connectivity index (χ4v) is 5.37. The quantitative estimate of drug-likeness (QED) is 0.484. The van der Waals surface area contributed by atoms with Gasteiger partial charge < -0.3 is 15.4 Å². The van der Waals surface area contributed by atoms with Crippen LogP contribution in [0.5, 0.6) is 0 Å². The second-order valence-electron chi connectivity index (χ2n) is 6.06. The van der Waals surface area contributed by atoms with E-state index in [9.17, 15) is 22.8 Å². The normalized spacial score (nSPS) is 18.0. The van der Waals surface area contributed by atoms with E-state index in [1.165, 1.54) is 11.0 Å². The molecule has 1 aliphatic rings. The Balaban J connectivity index is 1.98. The number of sulfone groups is 1. The van der Waals surface area contributed by atoms with Crippen LogP contribution in [0.1, 0.15) is 23.7 Å². The SMILES string of the molecule is CCN(C(=O)COC(=O)c1ccccc1SCC(N)=O)C1CCS(=O)(=O)C1. The second kappa shape index (κ2) is 9.23. The number of carbonyl (C=O) groups excluding carboxylic acids is 3. The smallest absolute Gasteiger partial charge is 0.339 e. The van der Waals surface area contributed by atoms with Crippen LogP contribution in [0.3, 0.4) is 0 Å². The summed E-state index contributed by atoms with van der Waals surface area (Å²) in [5.41, 5.74) is 5.36. The number of esters is 1. The molecular formula is C17H22N2O6S2. The van der Waals surface area contributed by atoms with Crippen LogP contribution < -0.4 is 5.73 Å². The summed E-state index contributed by atoms with van der Waals surface area (Å²) in [4.78, 5) is 37.6. The van der Waals surface area contributed by atoms with Gasteiger partial charge in [-0.15, -0.1) is 11.8 Å². The summed E-state index contributed by atoms with van der Waals surface area (Å²) < 4.78 is 28.4. The van der Waals surface area contributed by atoms with Gasteiger partial charge in [0.05, 0.1) is 22.8 Å². The molecular weight excluding hydrogens is 392 g/mol. The molecule has 0 radical (unpaired) electrons. The molecule has 2 N–H and O–H groups in total. The van der Waals surface area contributed by atoms with Gasteiger partial charge in [0.1, 0.15) is 0 Å². The molecule has 0 bridgehead atoms. The predicted octanol–water partition coefficient (Wildman–Crippen LogP) is 0.456. The Labute approximate surface area is 162 Å². The van der Waals surface area contributed by atoms with Crippen molar-refractivity contribution in [3.05, 3.63) is 29.8 Å². The molecule has 1 aromatic carbocycles. The molecule has 0 saturated carbocycles. The Morgan fingerprint density at radius 2 is 2.00 bits per heavy atom. The fourth-order valence-electron chi connectivity index (χ4n) is 2.86. The first-order chi connectivity index (χ1) is 12.7. The number of benzene rings is 1. The van der Waals surface area contributed by atoms with Crippen molar-refractivity contribution in [2.45, 2.75) is 24.3 Å². The van der Waals surface area contributed by atoms with Gasteiger partial charge in [0.15, 0.2) is 16.4 Å². The monoisotopic (exact) mass is 414 g/mol. The highest BCUT2D eigenvalue weighted by atomic mass is 32.2. The van der Waals surface area contributed by atoms with Crippen molar-refractivity contribution in [1.82, 2.24) is 4.90 Å². The lowest BCUT2D eigenvalue weighted by Crippen LogP contribution is -2.43. The first-order valence-electron chi connectivity index (χ1n) is 8.40. The molecule has 2 amide bonds. The van der Waals surface area contributed by atoms with E-state index in [2.05, 4.69) is 0 Å². The Morgan fingerprint density at radius 1 is 1.30 bits per heavy atom. The van der Waals surface area contributed by atoms with Gasteiger partial charge in [-0.2, -0.15) is 0 Å². The number of nitrogens with two attached hydrogens (primary N) is 1. The Kier molecular flexibility index (Phi) is 7.25. The average Bonchev–Trinajstić information content (AvgIpc) is 2.98. The number of rotatable bonds is 8. The van der Waals surface area contributed by atoms with Crippen molar-refractivity contribution in [1.29, 1.82) is 0 Å². The number of nitrogens with zero attached hydrogens (tertiary/aromatic N) is 1. The molecule has 1 atom stereocenters. The number of amides is 2. The average molecular weight is 415 g/mol.